The first-order valence-electron chi connectivity index (χ1n) is 8.57. The maximum Gasteiger partial charge on any atom is 0.573 e. The summed E-state index contributed by atoms with van der Waals surface area (Å²) in [6, 6.07) is 9.98. The molecule has 0 bridgehead atoms. The Balaban J connectivity index is 1.76. The SMILES string of the molecule is CCOC(=O)c1c[nH]c2ccc(OCc3ccc(OC(F)(F)F)cc3)cc2c1=O. The third kappa shape index (κ3) is 5.07. The van der Waals surface area contributed by atoms with Gasteiger partial charge in [-0.3, -0.25) is 4.79 Å². The highest BCUT2D eigenvalue weighted by Gasteiger charge is 2.30. The zero-order valence-corrected chi connectivity index (χ0v) is 15.2. The van der Waals surface area contributed by atoms with E-state index in [-0.39, 0.29) is 29.9 Å². The number of hydrogen-bond acceptors (Lipinski definition) is 5. The molecule has 0 fully saturated rings. The highest BCUT2D eigenvalue weighted by molar-refractivity contribution is 5.93. The van der Waals surface area contributed by atoms with Gasteiger partial charge in [0.1, 0.15) is 23.7 Å². The van der Waals surface area contributed by atoms with Crippen molar-refractivity contribution in [2.45, 2.75) is 19.9 Å². The summed E-state index contributed by atoms with van der Waals surface area (Å²) in [5, 5.41) is 0.252. The van der Waals surface area contributed by atoms with Crippen molar-refractivity contribution in [3.8, 4) is 11.5 Å². The molecule has 29 heavy (non-hydrogen) atoms. The van der Waals surface area contributed by atoms with Gasteiger partial charge in [-0.15, -0.1) is 13.2 Å². The number of benzene rings is 2. The molecule has 0 aliphatic rings. The Hall–Kier alpha value is -3.49. The van der Waals surface area contributed by atoms with Gasteiger partial charge in [0.15, 0.2) is 0 Å². The number of rotatable bonds is 6. The quantitative estimate of drug-likeness (QED) is 0.621. The van der Waals surface area contributed by atoms with Crippen LogP contribution in [0.5, 0.6) is 11.5 Å². The summed E-state index contributed by atoms with van der Waals surface area (Å²) in [5.74, 6) is -0.687. The standard InChI is InChI=1S/C20H16F3NO5/c1-2-27-19(26)16-10-24-17-8-7-14(9-15(17)18(16)25)28-11-12-3-5-13(6-4-12)29-20(21,22)23/h3-10H,2,11H2,1H3,(H,24,25). The van der Waals surface area contributed by atoms with E-state index >= 15 is 0 Å². The molecule has 0 saturated heterocycles. The van der Waals surface area contributed by atoms with Gasteiger partial charge in [-0.05, 0) is 42.8 Å². The molecule has 2 aromatic carbocycles. The zero-order valence-electron chi connectivity index (χ0n) is 15.2. The van der Waals surface area contributed by atoms with Crippen molar-refractivity contribution in [1.29, 1.82) is 0 Å². The first-order valence-corrected chi connectivity index (χ1v) is 8.57. The normalized spacial score (nSPS) is 11.3. The smallest absolute Gasteiger partial charge is 0.489 e. The van der Waals surface area contributed by atoms with E-state index in [4.69, 9.17) is 9.47 Å². The van der Waals surface area contributed by atoms with Gasteiger partial charge in [-0.1, -0.05) is 12.1 Å². The van der Waals surface area contributed by atoms with Gasteiger partial charge >= 0.3 is 12.3 Å². The lowest BCUT2D eigenvalue weighted by molar-refractivity contribution is -0.274. The van der Waals surface area contributed by atoms with Crippen LogP contribution in [0.1, 0.15) is 22.8 Å². The average Bonchev–Trinajstić information content (AvgIpc) is 2.67. The molecule has 9 heteroatoms. The van der Waals surface area contributed by atoms with E-state index in [1.54, 1.807) is 19.1 Å². The molecule has 0 spiro atoms. The Bertz CT molecular complexity index is 1070. The van der Waals surface area contributed by atoms with E-state index in [0.717, 1.165) is 0 Å². The molecule has 0 radical (unpaired) electrons. The van der Waals surface area contributed by atoms with Crippen molar-refractivity contribution >= 4 is 16.9 Å². The number of carbonyl (C=O) groups excluding carboxylic acids is 1. The van der Waals surface area contributed by atoms with Crippen molar-refractivity contribution in [3.05, 3.63) is 70.0 Å². The molecule has 3 aromatic rings. The summed E-state index contributed by atoms with van der Waals surface area (Å²) in [6.45, 7) is 1.85. The summed E-state index contributed by atoms with van der Waals surface area (Å²) < 4.78 is 50.9. The van der Waals surface area contributed by atoms with Gasteiger partial charge in [-0.2, -0.15) is 0 Å². The molecule has 0 saturated carbocycles. The van der Waals surface area contributed by atoms with Crippen LogP contribution in [0, 0.1) is 0 Å². The van der Waals surface area contributed by atoms with Gasteiger partial charge < -0.3 is 19.2 Å². The van der Waals surface area contributed by atoms with Crippen molar-refractivity contribution in [2.24, 2.45) is 0 Å². The largest absolute Gasteiger partial charge is 0.573 e. The Kier molecular flexibility index (Phi) is 5.76. The van der Waals surface area contributed by atoms with Crippen LogP contribution in [-0.4, -0.2) is 23.9 Å². The van der Waals surface area contributed by atoms with Crippen LogP contribution in [0.2, 0.25) is 0 Å². The Morgan fingerprint density at radius 1 is 1.07 bits per heavy atom. The molecular formula is C20H16F3NO5. The number of carbonyl (C=O) groups is 1. The molecule has 0 unspecified atom stereocenters. The molecule has 0 aliphatic carbocycles. The molecule has 3 rings (SSSR count). The number of halogens is 3. The highest BCUT2D eigenvalue weighted by Crippen LogP contribution is 2.23. The predicted octanol–water partition coefficient (Wildman–Crippen LogP) is 4.18. The molecule has 1 heterocycles. The van der Waals surface area contributed by atoms with Crippen LogP contribution in [0.3, 0.4) is 0 Å². The number of fused-ring (bicyclic) bond motifs is 1. The summed E-state index contributed by atoms with van der Waals surface area (Å²) in [7, 11) is 0. The first-order chi connectivity index (χ1) is 13.8. The maximum atomic E-state index is 12.5. The van der Waals surface area contributed by atoms with E-state index < -0.39 is 17.8 Å². The third-order valence-corrected chi connectivity index (χ3v) is 3.91. The number of hydrogen-bond donors (Lipinski definition) is 1. The minimum absolute atomic E-state index is 0.0628. The second-order valence-electron chi connectivity index (χ2n) is 5.94. The highest BCUT2D eigenvalue weighted by atomic mass is 19.4. The lowest BCUT2D eigenvalue weighted by atomic mass is 10.1. The second kappa shape index (κ2) is 8.26. The van der Waals surface area contributed by atoms with E-state index in [1.807, 2.05) is 0 Å². The van der Waals surface area contributed by atoms with Crippen molar-refractivity contribution in [2.75, 3.05) is 6.61 Å². The number of ether oxygens (including phenoxy) is 3. The van der Waals surface area contributed by atoms with Crippen LogP contribution < -0.4 is 14.9 Å². The van der Waals surface area contributed by atoms with Gasteiger partial charge in [-0.25, -0.2) is 4.79 Å². The molecular weight excluding hydrogens is 391 g/mol. The first kappa shape index (κ1) is 20.2. The summed E-state index contributed by atoms with van der Waals surface area (Å²) in [6.07, 6.45) is -3.45. The second-order valence-corrected chi connectivity index (χ2v) is 5.94. The number of H-pyrrole nitrogens is 1. The van der Waals surface area contributed by atoms with Crippen LogP contribution >= 0.6 is 0 Å². The average molecular weight is 407 g/mol. The molecule has 1 N–H and O–H groups in total. The minimum Gasteiger partial charge on any atom is -0.489 e. The predicted molar refractivity (Wildman–Crippen MR) is 98.0 cm³/mol. The van der Waals surface area contributed by atoms with Crippen LogP contribution in [0.25, 0.3) is 10.9 Å². The number of aromatic amines is 1. The molecule has 1 aromatic heterocycles. The van der Waals surface area contributed by atoms with E-state index in [1.165, 1.54) is 36.5 Å². The monoisotopic (exact) mass is 407 g/mol. The summed E-state index contributed by atoms with van der Waals surface area (Å²) in [4.78, 5) is 27.3. The van der Waals surface area contributed by atoms with Crippen molar-refractivity contribution < 1.29 is 32.2 Å². The number of aromatic nitrogens is 1. The molecule has 152 valence electrons. The van der Waals surface area contributed by atoms with Crippen LogP contribution in [0.15, 0.2) is 53.5 Å². The van der Waals surface area contributed by atoms with Crippen LogP contribution in [-0.2, 0) is 11.3 Å². The van der Waals surface area contributed by atoms with Crippen LogP contribution in [0.4, 0.5) is 13.2 Å². The van der Waals surface area contributed by atoms with E-state index in [9.17, 15) is 22.8 Å². The molecule has 0 amide bonds. The maximum absolute atomic E-state index is 12.5. The topological polar surface area (TPSA) is 77.6 Å². The number of esters is 1. The van der Waals surface area contributed by atoms with Gasteiger partial charge in [0, 0.05) is 11.7 Å². The molecule has 0 aliphatic heterocycles. The fourth-order valence-electron chi connectivity index (χ4n) is 2.60. The molecule has 0 atom stereocenters. The van der Waals surface area contributed by atoms with Gasteiger partial charge in [0.05, 0.1) is 12.0 Å². The lowest BCUT2D eigenvalue weighted by Gasteiger charge is -2.10. The number of pyridine rings is 1. The lowest BCUT2D eigenvalue weighted by Crippen LogP contribution is -2.18. The number of alkyl halides is 3. The summed E-state index contributed by atoms with van der Waals surface area (Å²) in [5.41, 5.74) is 0.519. The zero-order chi connectivity index (χ0) is 21.0. The summed E-state index contributed by atoms with van der Waals surface area (Å²) >= 11 is 0. The number of nitrogens with one attached hydrogen (secondary N) is 1. The Morgan fingerprint density at radius 2 is 1.76 bits per heavy atom. The third-order valence-electron chi connectivity index (χ3n) is 3.91. The fourth-order valence-corrected chi connectivity index (χ4v) is 2.60. The minimum atomic E-state index is -4.75. The Labute approximate surface area is 162 Å². The van der Waals surface area contributed by atoms with Crippen molar-refractivity contribution in [3.63, 3.8) is 0 Å². The van der Waals surface area contributed by atoms with Gasteiger partial charge in [0.25, 0.3) is 0 Å². The fraction of sp³-hybridized carbons (Fsp3) is 0.200. The van der Waals surface area contributed by atoms with E-state index in [0.29, 0.717) is 16.8 Å². The van der Waals surface area contributed by atoms with E-state index in [2.05, 4.69) is 9.72 Å². The van der Waals surface area contributed by atoms with Gasteiger partial charge in [0.2, 0.25) is 5.43 Å². The molecule has 6 nitrogen and oxygen atoms in total. The van der Waals surface area contributed by atoms with Crippen molar-refractivity contribution in [1.82, 2.24) is 4.98 Å². The Morgan fingerprint density at radius 3 is 2.41 bits per heavy atom.